The van der Waals surface area contributed by atoms with Gasteiger partial charge in [0.05, 0.1) is 50.2 Å². The fourth-order valence-electron chi connectivity index (χ4n) is 4.74. The lowest BCUT2D eigenvalue weighted by Crippen LogP contribution is -2.36. The molecule has 8 nitrogen and oxygen atoms in total. The van der Waals surface area contributed by atoms with Crippen LogP contribution in [0.3, 0.4) is 0 Å². The first kappa shape index (κ1) is 20.3. The van der Waals surface area contributed by atoms with E-state index in [-0.39, 0.29) is 0 Å². The average Bonchev–Trinajstić information content (AvgIpc) is 3.42. The third kappa shape index (κ3) is 4.05. The number of fused-ring (bicyclic) bond motifs is 3. The molecule has 6 rings (SSSR count). The first-order valence-corrected chi connectivity index (χ1v) is 12.3. The molecule has 0 aromatic carbocycles. The van der Waals surface area contributed by atoms with Crippen molar-refractivity contribution >= 4 is 38.9 Å². The molecule has 168 valence electrons. The number of pyridine rings is 1. The summed E-state index contributed by atoms with van der Waals surface area (Å²) in [5, 5.41) is 4.78. The maximum Gasteiger partial charge on any atom is 0.146 e. The van der Waals surface area contributed by atoms with Crippen LogP contribution < -0.4 is 10.2 Å². The molecule has 1 N–H and O–H groups in total. The molecule has 3 aromatic rings. The van der Waals surface area contributed by atoms with Crippen LogP contribution in [0.25, 0.3) is 10.2 Å². The van der Waals surface area contributed by atoms with Crippen LogP contribution >= 0.6 is 11.3 Å². The third-order valence-electron chi connectivity index (χ3n) is 6.43. The molecule has 0 radical (unpaired) electrons. The molecular formula is C23H28N6O2S. The van der Waals surface area contributed by atoms with Gasteiger partial charge in [0.1, 0.15) is 22.3 Å². The number of thiophene rings is 1. The lowest BCUT2D eigenvalue weighted by molar-refractivity contribution is 0.0331. The highest BCUT2D eigenvalue weighted by Crippen LogP contribution is 2.40. The highest BCUT2D eigenvalue weighted by Gasteiger charge is 2.23. The van der Waals surface area contributed by atoms with Crippen LogP contribution in [0.15, 0.2) is 18.3 Å². The highest BCUT2D eigenvalue weighted by molar-refractivity contribution is 7.19. The van der Waals surface area contributed by atoms with Gasteiger partial charge in [-0.1, -0.05) is 0 Å². The molecule has 0 bridgehead atoms. The van der Waals surface area contributed by atoms with Crippen molar-refractivity contribution in [2.24, 2.45) is 0 Å². The molecule has 2 fully saturated rings. The summed E-state index contributed by atoms with van der Waals surface area (Å²) in [6, 6.07) is 4.18. The third-order valence-corrected chi connectivity index (χ3v) is 7.61. The smallest absolute Gasteiger partial charge is 0.146 e. The van der Waals surface area contributed by atoms with Gasteiger partial charge in [-0.3, -0.25) is 4.90 Å². The van der Waals surface area contributed by atoms with E-state index in [0.29, 0.717) is 0 Å². The highest BCUT2D eigenvalue weighted by atomic mass is 32.1. The van der Waals surface area contributed by atoms with E-state index >= 15 is 0 Å². The van der Waals surface area contributed by atoms with Gasteiger partial charge < -0.3 is 19.7 Å². The Hall–Kier alpha value is -2.33. The van der Waals surface area contributed by atoms with Crippen molar-refractivity contribution in [2.75, 3.05) is 62.8 Å². The van der Waals surface area contributed by atoms with Gasteiger partial charge >= 0.3 is 0 Å². The molecule has 0 unspecified atom stereocenters. The van der Waals surface area contributed by atoms with Crippen molar-refractivity contribution < 1.29 is 9.47 Å². The van der Waals surface area contributed by atoms with E-state index in [1.165, 1.54) is 22.2 Å². The van der Waals surface area contributed by atoms with E-state index in [0.717, 1.165) is 100.0 Å². The molecule has 2 saturated heterocycles. The topological polar surface area (TPSA) is 75.6 Å². The summed E-state index contributed by atoms with van der Waals surface area (Å²) in [6.07, 6.45) is 5.41. The van der Waals surface area contributed by atoms with Gasteiger partial charge in [0, 0.05) is 31.1 Å². The van der Waals surface area contributed by atoms with Gasteiger partial charge in [0.25, 0.3) is 0 Å². The quantitative estimate of drug-likeness (QED) is 0.633. The van der Waals surface area contributed by atoms with E-state index in [4.69, 9.17) is 24.4 Å². The van der Waals surface area contributed by atoms with Crippen LogP contribution in [0.5, 0.6) is 0 Å². The molecule has 0 amide bonds. The minimum absolute atomic E-state index is 0.755. The molecular weight excluding hydrogens is 424 g/mol. The maximum atomic E-state index is 5.49. The van der Waals surface area contributed by atoms with Crippen molar-refractivity contribution in [3.8, 4) is 0 Å². The number of ether oxygens (including phenoxy) is 2. The van der Waals surface area contributed by atoms with Crippen molar-refractivity contribution in [1.29, 1.82) is 0 Å². The molecule has 32 heavy (non-hydrogen) atoms. The van der Waals surface area contributed by atoms with Crippen molar-refractivity contribution in [2.45, 2.75) is 25.8 Å². The van der Waals surface area contributed by atoms with E-state index in [1.807, 2.05) is 17.5 Å². The molecule has 5 heterocycles. The number of morpholine rings is 2. The molecule has 0 saturated carbocycles. The number of nitrogens with zero attached hydrogens (tertiary/aromatic N) is 5. The first-order chi connectivity index (χ1) is 15.8. The molecule has 0 atom stereocenters. The summed E-state index contributed by atoms with van der Waals surface area (Å²) in [7, 11) is 0. The number of aryl methyl sites for hydroxylation is 2. The van der Waals surface area contributed by atoms with Crippen LogP contribution in [0.2, 0.25) is 0 Å². The maximum absolute atomic E-state index is 5.49. The Morgan fingerprint density at radius 3 is 2.56 bits per heavy atom. The Bertz CT molecular complexity index is 1090. The van der Waals surface area contributed by atoms with Gasteiger partial charge in [-0.05, 0) is 37.0 Å². The Kier molecular flexibility index (Phi) is 5.64. The van der Waals surface area contributed by atoms with Crippen LogP contribution in [0, 0.1) is 0 Å². The largest absolute Gasteiger partial charge is 0.379 e. The van der Waals surface area contributed by atoms with E-state index < -0.39 is 0 Å². The first-order valence-electron chi connectivity index (χ1n) is 11.5. The summed E-state index contributed by atoms with van der Waals surface area (Å²) >= 11 is 1.84. The number of anilines is 3. The monoisotopic (exact) mass is 452 g/mol. The van der Waals surface area contributed by atoms with Crippen LogP contribution in [0.1, 0.15) is 22.7 Å². The van der Waals surface area contributed by atoms with Crippen LogP contribution in [0.4, 0.5) is 17.3 Å². The molecule has 1 aliphatic carbocycles. The zero-order valence-electron chi connectivity index (χ0n) is 18.2. The van der Waals surface area contributed by atoms with Crippen LogP contribution in [-0.4, -0.2) is 72.5 Å². The number of rotatable bonds is 5. The summed E-state index contributed by atoms with van der Waals surface area (Å²) in [5.41, 5.74) is 2.39. The van der Waals surface area contributed by atoms with Crippen molar-refractivity contribution in [1.82, 2.24) is 19.9 Å². The summed E-state index contributed by atoms with van der Waals surface area (Å²) < 4.78 is 10.9. The fraction of sp³-hybridized carbons (Fsp3) is 0.522. The predicted molar refractivity (Wildman–Crippen MR) is 126 cm³/mol. The minimum Gasteiger partial charge on any atom is -0.379 e. The zero-order valence-corrected chi connectivity index (χ0v) is 19.0. The fourth-order valence-corrected chi connectivity index (χ4v) is 6.02. The standard InChI is InChI=1S/C23H28N6O2S/c1-2-17-18(3-1)32-23-21(17)22(26-19(27-23)15-28-6-10-30-11-7-28)25-16-4-5-20(24-14-16)29-8-12-31-13-9-29/h4-5,14H,1-3,6-13,15H2,(H,25,26,27). The average molecular weight is 453 g/mol. The Morgan fingerprint density at radius 2 is 1.78 bits per heavy atom. The van der Waals surface area contributed by atoms with E-state index in [1.54, 1.807) is 0 Å². The van der Waals surface area contributed by atoms with Gasteiger partial charge in [-0.2, -0.15) is 0 Å². The number of aromatic nitrogens is 3. The second-order valence-electron chi connectivity index (χ2n) is 8.54. The van der Waals surface area contributed by atoms with Crippen molar-refractivity contribution in [3.63, 3.8) is 0 Å². The minimum atomic E-state index is 0.755. The number of nitrogens with one attached hydrogen (secondary N) is 1. The van der Waals surface area contributed by atoms with Gasteiger partial charge in [0.2, 0.25) is 0 Å². The summed E-state index contributed by atoms with van der Waals surface area (Å²) in [4.78, 5) is 21.9. The van der Waals surface area contributed by atoms with Gasteiger partial charge in [-0.25, -0.2) is 15.0 Å². The lowest BCUT2D eigenvalue weighted by Gasteiger charge is -2.27. The molecule has 2 aliphatic heterocycles. The molecule has 9 heteroatoms. The second-order valence-corrected chi connectivity index (χ2v) is 9.63. The van der Waals surface area contributed by atoms with Crippen LogP contribution in [-0.2, 0) is 28.9 Å². The van der Waals surface area contributed by atoms with Gasteiger partial charge in [-0.15, -0.1) is 11.3 Å². The molecule has 3 aliphatic rings. The molecule has 3 aromatic heterocycles. The van der Waals surface area contributed by atoms with E-state index in [2.05, 4.69) is 27.2 Å². The number of hydrogen-bond acceptors (Lipinski definition) is 9. The summed E-state index contributed by atoms with van der Waals surface area (Å²) in [5.74, 6) is 2.79. The lowest BCUT2D eigenvalue weighted by atomic mass is 10.2. The Morgan fingerprint density at radius 1 is 0.969 bits per heavy atom. The normalized spacial score (nSPS) is 19.4. The molecule has 0 spiro atoms. The Labute approximate surface area is 191 Å². The van der Waals surface area contributed by atoms with E-state index in [9.17, 15) is 0 Å². The summed E-state index contributed by atoms with van der Waals surface area (Å²) in [6.45, 7) is 7.46. The predicted octanol–water partition coefficient (Wildman–Crippen LogP) is 2.99. The van der Waals surface area contributed by atoms with Crippen molar-refractivity contribution in [3.05, 3.63) is 34.6 Å². The second kappa shape index (κ2) is 8.90. The zero-order chi connectivity index (χ0) is 21.3. The number of hydrogen-bond donors (Lipinski definition) is 1. The van der Waals surface area contributed by atoms with Gasteiger partial charge in [0.15, 0.2) is 0 Å². The SMILES string of the molecule is c1cc(N2CCOCC2)ncc1Nc1nc(CN2CCOCC2)nc2sc3c(c12)CCC3. The Balaban J connectivity index is 1.30.